The lowest BCUT2D eigenvalue weighted by Crippen LogP contribution is -2.57. The van der Waals surface area contributed by atoms with Crippen molar-refractivity contribution in [2.24, 2.45) is 11.8 Å². The van der Waals surface area contributed by atoms with E-state index in [2.05, 4.69) is 33.0 Å². The zero-order valence-electron chi connectivity index (χ0n) is 7.52. The van der Waals surface area contributed by atoms with E-state index in [4.69, 9.17) is 0 Å². The maximum absolute atomic E-state index is 3.58. The van der Waals surface area contributed by atoms with Gasteiger partial charge in [0.25, 0.3) is 0 Å². The molecule has 1 N–H and O–H groups in total. The van der Waals surface area contributed by atoms with E-state index >= 15 is 0 Å². The summed E-state index contributed by atoms with van der Waals surface area (Å²) in [4.78, 5) is 0. The first kappa shape index (κ1) is 8.06. The molecule has 0 aromatic rings. The molecule has 0 aliphatic carbocycles. The maximum atomic E-state index is 3.58. The van der Waals surface area contributed by atoms with Crippen LogP contribution in [0.15, 0.2) is 0 Å². The molecule has 0 radical (unpaired) electrons. The topological polar surface area (TPSA) is 12.0 Å². The van der Waals surface area contributed by atoms with Crippen LogP contribution >= 0.6 is 0 Å². The highest BCUT2D eigenvalue weighted by molar-refractivity contribution is 4.91. The summed E-state index contributed by atoms with van der Waals surface area (Å²) in [5.74, 6) is 1.63. The molecule has 1 aliphatic heterocycles. The molecule has 0 amide bonds. The van der Waals surface area contributed by atoms with Crippen LogP contribution in [0.3, 0.4) is 0 Å². The quantitative estimate of drug-likeness (QED) is 0.620. The molecule has 0 aromatic carbocycles. The Morgan fingerprint density at radius 1 is 1.00 bits per heavy atom. The highest BCUT2D eigenvalue weighted by Gasteiger charge is 2.31. The molecule has 10 heavy (non-hydrogen) atoms. The van der Waals surface area contributed by atoms with Gasteiger partial charge in [-0.3, -0.25) is 0 Å². The molecule has 60 valence electrons. The lowest BCUT2D eigenvalue weighted by Gasteiger charge is -2.42. The summed E-state index contributed by atoms with van der Waals surface area (Å²) in [7, 11) is 0. The normalized spacial score (nSPS) is 33.0. The maximum Gasteiger partial charge on any atom is 0.0108 e. The van der Waals surface area contributed by atoms with Crippen LogP contribution in [0, 0.1) is 11.8 Å². The molecule has 1 nitrogen and oxygen atoms in total. The van der Waals surface area contributed by atoms with Crippen molar-refractivity contribution in [1.29, 1.82) is 0 Å². The van der Waals surface area contributed by atoms with Gasteiger partial charge in [0.15, 0.2) is 0 Å². The minimum absolute atomic E-state index is 0.799. The van der Waals surface area contributed by atoms with Crippen molar-refractivity contribution in [2.75, 3.05) is 0 Å². The average molecular weight is 141 g/mol. The predicted molar refractivity (Wildman–Crippen MR) is 45.0 cm³/mol. The van der Waals surface area contributed by atoms with Crippen LogP contribution in [0.1, 0.15) is 34.1 Å². The second kappa shape index (κ2) is 2.91. The van der Waals surface area contributed by atoms with E-state index in [1.54, 1.807) is 0 Å². The Morgan fingerprint density at radius 2 is 1.30 bits per heavy atom. The van der Waals surface area contributed by atoms with Gasteiger partial charge in [-0.1, -0.05) is 27.7 Å². The lowest BCUT2D eigenvalue weighted by molar-refractivity contribution is 0.169. The molecule has 0 bridgehead atoms. The van der Waals surface area contributed by atoms with E-state index in [0.717, 1.165) is 23.9 Å². The van der Waals surface area contributed by atoms with Gasteiger partial charge in [-0.25, -0.2) is 0 Å². The Hall–Kier alpha value is -0.0400. The summed E-state index contributed by atoms with van der Waals surface area (Å²) >= 11 is 0. The van der Waals surface area contributed by atoms with Crippen LogP contribution in [0.5, 0.6) is 0 Å². The Labute approximate surface area is 64.2 Å². The van der Waals surface area contributed by atoms with Gasteiger partial charge >= 0.3 is 0 Å². The minimum atomic E-state index is 0.799. The molecular formula is C9H19N. The van der Waals surface area contributed by atoms with Gasteiger partial charge in [0.1, 0.15) is 0 Å². The molecule has 1 heteroatoms. The van der Waals surface area contributed by atoms with Crippen molar-refractivity contribution in [3.63, 3.8) is 0 Å². The SMILES string of the molecule is CC(C)C1CC(C(C)C)N1. The van der Waals surface area contributed by atoms with Crippen LogP contribution in [0.25, 0.3) is 0 Å². The molecule has 1 heterocycles. The van der Waals surface area contributed by atoms with Crippen molar-refractivity contribution in [1.82, 2.24) is 5.32 Å². The molecule has 0 saturated carbocycles. The zero-order chi connectivity index (χ0) is 7.72. The largest absolute Gasteiger partial charge is 0.311 e. The fourth-order valence-corrected chi connectivity index (χ4v) is 1.45. The first-order chi connectivity index (χ1) is 4.61. The molecule has 1 aliphatic rings. The van der Waals surface area contributed by atoms with E-state index in [-0.39, 0.29) is 0 Å². The number of nitrogens with one attached hydrogen (secondary N) is 1. The third-order valence-corrected chi connectivity index (χ3v) is 2.55. The van der Waals surface area contributed by atoms with Gasteiger partial charge in [0.2, 0.25) is 0 Å². The predicted octanol–water partition coefficient (Wildman–Crippen LogP) is 2.03. The van der Waals surface area contributed by atoms with Crippen LogP contribution in [-0.2, 0) is 0 Å². The Kier molecular flexibility index (Phi) is 2.35. The standard InChI is InChI=1S/C9H19N/c1-6(2)8-5-9(10-8)7(3)4/h6-10H,5H2,1-4H3. The first-order valence-corrected chi connectivity index (χ1v) is 4.37. The van der Waals surface area contributed by atoms with E-state index in [1.807, 2.05) is 0 Å². The Morgan fingerprint density at radius 3 is 1.50 bits per heavy atom. The van der Waals surface area contributed by atoms with Crippen LogP contribution in [-0.4, -0.2) is 12.1 Å². The smallest absolute Gasteiger partial charge is 0.0108 e. The van der Waals surface area contributed by atoms with Crippen molar-refractivity contribution >= 4 is 0 Å². The summed E-state index contributed by atoms with van der Waals surface area (Å²) in [5.41, 5.74) is 0. The Balaban J connectivity index is 2.18. The minimum Gasteiger partial charge on any atom is -0.311 e. The molecule has 1 fully saturated rings. The van der Waals surface area contributed by atoms with Gasteiger partial charge in [-0.15, -0.1) is 0 Å². The molecule has 2 unspecified atom stereocenters. The van der Waals surface area contributed by atoms with Gasteiger partial charge in [0.05, 0.1) is 0 Å². The lowest BCUT2D eigenvalue weighted by atomic mass is 9.83. The van der Waals surface area contributed by atoms with E-state index in [1.165, 1.54) is 6.42 Å². The highest BCUT2D eigenvalue weighted by atomic mass is 15.0. The fourth-order valence-electron chi connectivity index (χ4n) is 1.45. The zero-order valence-corrected chi connectivity index (χ0v) is 7.52. The van der Waals surface area contributed by atoms with E-state index < -0.39 is 0 Å². The van der Waals surface area contributed by atoms with Gasteiger partial charge in [0, 0.05) is 12.1 Å². The first-order valence-electron chi connectivity index (χ1n) is 4.37. The van der Waals surface area contributed by atoms with Crippen LogP contribution in [0.4, 0.5) is 0 Å². The molecule has 0 spiro atoms. The molecular weight excluding hydrogens is 122 g/mol. The van der Waals surface area contributed by atoms with E-state index in [0.29, 0.717) is 0 Å². The summed E-state index contributed by atoms with van der Waals surface area (Å²) in [6.07, 6.45) is 1.38. The summed E-state index contributed by atoms with van der Waals surface area (Å²) in [6, 6.07) is 1.60. The van der Waals surface area contributed by atoms with Gasteiger partial charge in [-0.2, -0.15) is 0 Å². The van der Waals surface area contributed by atoms with Gasteiger partial charge in [-0.05, 0) is 18.3 Å². The summed E-state index contributed by atoms with van der Waals surface area (Å²) < 4.78 is 0. The summed E-state index contributed by atoms with van der Waals surface area (Å²) in [6.45, 7) is 9.14. The molecule has 2 atom stereocenters. The fraction of sp³-hybridized carbons (Fsp3) is 1.00. The number of rotatable bonds is 2. The van der Waals surface area contributed by atoms with Crippen LogP contribution < -0.4 is 5.32 Å². The summed E-state index contributed by atoms with van der Waals surface area (Å²) in [5, 5.41) is 3.58. The van der Waals surface area contributed by atoms with Crippen molar-refractivity contribution in [3.8, 4) is 0 Å². The van der Waals surface area contributed by atoms with Crippen molar-refractivity contribution in [3.05, 3.63) is 0 Å². The number of hydrogen-bond donors (Lipinski definition) is 1. The Bertz CT molecular complexity index is 89.3. The number of hydrogen-bond acceptors (Lipinski definition) is 1. The highest BCUT2D eigenvalue weighted by Crippen LogP contribution is 2.23. The second-order valence-corrected chi connectivity index (χ2v) is 4.10. The molecule has 1 saturated heterocycles. The van der Waals surface area contributed by atoms with E-state index in [9.17, 15) is 0 Å². The van der Waals surface area contributed by atoms with Crippen molar-refractivity contribution < 1.29 is 0 Å². The monoisotopic (exact) mass is 141 g/mol. The second-order valence-electron chi connectivity index (χ2n) is 4.10. The molecule has 1 rings (SSSR count). The average Bonchev–Trinajstić information content (AvgIpc) is 1.56. The van der Waals surface area contributed by atoms with Crippen molar-refractivity contribution in [2.45, 2.75) is 46.2 Å². The third kappa shape index (κ3) is 1.51. The van der Waals surface area contributed by atoms with Gasteiger partial charge < -0.3 is 5.32 Å². The third-order valence-electron chi connectivity index (χ3n) is 2.55. The molecule has 0 aromatic heterocycles. The van der Waals surface area contributed by atoms with Crippen LogP contribution in [0.2, 0.25) is 0 Å².